The molecule has 0 fully saturated rings. The molecule has 22 nitrogen and oxygen atoms in total. The van der Waals surface area contributed by atoms with E-state index in [0.717, 1.165) is 29.5 Å². The molecule has 9 N–H and O–H groups in total. The van der Waals surface area contributed by atoms with E-state index < -0.39 is 42.1 Å². The summed E-state index contributed by atoms with van der Waals surface area (Å²) in [5.41, 5.74) is 16.7. The molecule has 0 aliphatic carbocycles. The molecule has 0 bridgehead atoms. The SMILES string of the molecule is COCCOC(=O)N[C@H](COC)C(=O)CCc1ccccc1.COC[C@@H](C)C(=O)CCc1ccccc1.COC[C@@H](C)C(=O)O.COC[C@@H](N)C(=O)CCc1ccccc1.COC[C@@H](NC(C)=O)C(=O)CCc1ccccc1.C[C@H](CO)C(=O)O.NCc1ccccc1. The Hall–Kier alpha value is -7.90. The minimum absolute atomic E-state index is 0.00379. The van der Waals surface area contributed by atoms with Crippen molar-refractivity contribution in [3.63, 3.8) is 0 Å². The zero-order valence-corrected chi connectivity index (χ0v) is 56.0. The van der Waals surface area contributed by atoms with Gasteiger partial charge in [0.15, 0.2) is 17.3 Å². The first kappa shape index (κ1) is 87.2. The van der Waals surface area contributed by atoms with E-state index in [2.05, 4.69) is 15.4 Å². The summed E-state index contributed by atoms with van der Waals surface area (Å²) in [6.07, 6.45) is 4.05. The maximum absolute atomic E-state index is 12.2. The van der Waals surface area contributed by atoms with Crippen LogP contribution in [-0.4, -0.2) is 176 Å². The van der Waals surface area contributed by atoms with Crippen molar-refractivity contribution < 1.29 is 86.8 Å². The fraction of sp³-hybridized carbons (Fsp3) is 0.465. The number of carbonyl (C=O) groups excluding carboxylic acids is 6. The van der Waals surface area contributed by atoms with E-state index in [9.17, 15) is 38.4 Å². The van der Waals surface area contributed by atoms with Crippen LogP contribution in [-0.2, 0) is 98.9 Å². The second kappa shape index (κ2) is 58.0. The third kappa shape index (κ3) is 48.5. The Labute approximate surface area is 550 Å². The number of ether oxygens (including phenoxy) is 7. The zero-order chi connectivity index (χ0) is 70.0. The second-order valence-electron chi connectivity index (χ2n) is 21.0. The van der Waals surface area contributed by atoms with Crippen LogP contribution in [0.1, 0.15) is 81.2 Å². The van der Waals surface area contributed by atoms with Crippen LogP contribution in [0.15, 0.2) is 152 Å². The summed E-state index contributed by atoms with van der Waals surface area (Å²) in [5.74, 6) is -2.75. The highest BCUT2D eigenvalue weighted by atomic mass is 16.6. The highest BCUT2D eigenvalue weighted by Crippen LogP contribution is 2.10. The number of hydrogen-bond acceptors (Lipinski definition) is 18. The van der Waals surface area contributed by atoms with Crippen molar-refractivity contribution in [1.29, 1.82) is 0 Å². The first-order valence-electron chi connectivity index (χ1n) is 30.5. The van der Waals surface area contributed by atoms with Crippen molar-refractivity contribution in [3.8, 4) is 0 Å². The highest BCUT2D eigenvalue weighted by Gasteiger charge is 2.22. The minimum Gasteiger partial charge on any atom is -0.481 e. The van der Waals surface area contributed by atoms with Crippen molar-refractivity contribution in [2.45, 2.75) is 104 Å². The summed E-state index contributed by atoms with van der Waals surface area (Å²) in [4.78, 5) is 89.6. The average Bonchev–Trinajstić information content (AvgIpc) is 2.50. The molecular weight excluding hydrogens is 1200 g/mol. The number of methoxy groups -OCH3 is 6. The van der Waals surface area contributed by atoms with Gasteiger partial charge in [0.2, 0.25) is 5.91 Å². The van der Waals surface area contributed by atoms with Gasteiger partial charge in [-0.05, 0) is 67.3 Å². The molecule has 22 heteroatoms. The number of amides is 2. The molecule has 5 aromatic rings. The number of aryl methyl sites for hydroxylation is 4. The van der Waals surface area contributed by atoms with Crippen molar-refractivity contribution >= 4 is 47.1 Å². The maximum Gasteiger partial charge on any atom is 0.407 e. The Balaban J connectivity index is 0. The molecule has 5 rings (SSSR count). The third-order valence-electron chi connectivity index (χ3n) is 13.0. The number of Topliss-reactive ketones (excluding diaryl/α,β-unsaturated/α-hetero) is 4. The maximum atomic E-state index is 12.2. The van der Waals surface area contributed by atoms with Gasteiger partial charge in [0, 0.05) is 87.7 Å². The van der Waals surface area contributed by atoms with Gasteiger partial charge in [-0.1, -0.05) is 159 Å². The van der Waals surface area contributed by atoms with Gasteiger partial charge < -0.3 is 70.6 Å². The monoisotopic (exact) mass is 1300 g/mol. The lowest BCUT2D eigenvalue weighted by atomic mass is 10.0. The number of aliphatic carboxylic acids is 2. The summed E-state index contributed by atoms with van der Waals surface area (Å²) < 4.78 is 34.0. The molecule has 516 valence electrons. The number of aliphatic hydroxyl groups excluding tert-OH is 1. The molecule has 0 aliphatic heterocycles. The van der Waals surface area contributed by atoms with E-state index in [-0.39, 0.29) is 73.9 Å². The van der Waals surface area contributed by atoms with E-state index in [1.54, 1.807) is 21.1 Å². The largest absolute Gasteiger partial charge is 0.481 e. The Bertz CT molecular complexity index is 2650. The molecular formula is C71H104N4O18. The van der Waals surface area contributed by atoms with Gasteiger partial charge in [-0.25, -0.2) is 4.79 Å². The lowest BCUT2D eigenvalue weighted by Gasteiger charge is -2.16. The molecule has 5 aromatic carbocycles. The number of alkyl carbamates (subject to hydrolysis) is 1. The molecule has 0 unspecified atom stereocenters. The van der Waals surface area contributed by atoms with Crippen molar-refractivity contribution in [2.24, 2.45) is 29.2 Å². The molecule has 0 saturated heterocycles. The van der Waals surface area contributed by atoms with E-state index in [4.69, 9.17) is 55.2 Å². The summed E-state index contributed by atoms with van der Waals surface area (Å²) in [6.45, 7) is 8.61. The molecule has 2 amide bonds. The smallest absolute Gasteiger partial charge is 0.407 e. The highest BCUT2D eigenvalue weighted by molar-refractivity contribution is 5.89. The zero-order valence-electron chi connectivity index (χ0n) is 56.0. The Kier molecular flexibility index (Phi) is 54.3. The molecule has 0 spiro atoms. The van der Waals surface area contributed by atoms with Crippen LogP contribution in [0.3, 0.4) is 0 Å². The standard InChI is InChI=1S/C16H23NO5.C14H19NO3.C13H18O2.C12H17NO2.C7H9N.C5H10O3.C4H8O3/c1-20-10-11-22-16(19)17-14(12-21-2)15(18)9-8-13-6-4-3-5-7-13;1-11(16)15-13(10-18-2)14(17)9-8-12-6-4-3-5-7-12;1-11(10-15-2)13(14)9-8-12-6-4-3-5-7-12;1-15-9-11(13)12(14)8-7-10-5-3-2-4-6-10;8-6-7-4-2-1-3-5-7;1-4(3-8-2)5(6)7;1-3(2-5)4(6)7/h3-7,14H,8-12H2,1-2H3,(H,17,19);3-7,13H,8-10H2,1-2H3,(H,15,16);3-7,11H,8-10H2,1-2H3;2-6,11H,7-9,13H2,1H3;1-5H,6,8H2;4H,3H2,1-2H3,(H,6,7);3,5H,2H2,1H3,(H,6,7)/t14-;13-;2*11-;;4-;3-/m1111.11/s1. The second-order valence-corrected chi connectivity index (χ2v) is 21.0. The molecule has 0 aliphatic rings. The normalized spacial score (nSPS) is 12.0. The third-order valence-corrected chi connectivity index (χ3v) is 13.0. The topological polar surface area (TPSA) is 338 Å². The van der Waals surface area contributed by atoms with Crippen LogP contribution in [0.5, 0.6) is 0 Å². The number of carbonyl (C=O) groups is 8. The number of benzene rings is 5. The molecule has 0 radical (unpaired) electrons. The number of carboxylic acids is 2. The average molecular weight is 1300 g/mol. The lowest BCUT2D eigenvalue weighted by molar-refractivity contribution is -0.143. The number of carboxylic acid groups (broad SMARTS) is 2. The van der Waals surface area contributed by atoms with Crippen LogP contribution in [0.2, 0.25) is 0 Å². The fourth-order valence-electron chi connectivity index (χ4n) is 7.47. The van der Waals surface area contributed by atoms with Gasteiger partial charge in [-0.2, -0.15) is 0 Å². The van der Waals surface area contributed by atoms with E-state index >= 15 is 0 Å². The van der Waals surface area contributed by atoms with E-state index in [0.29, 0.717) is 64.9 Å². The Morgan fingerprint density at radius 2 is 0.731 bits per heavy atom. The van der Waals surface area contributed by atoms with Gasteiger partial charge in [0.25, 0.3) is 0 Å². The number of hydrogen-bond donors (Lipinski definition) is 7. The van der Waals surface area contributed by atoms with Gasteiger partial charge in [0.05, 0.1) is 64.1 Å². The first-order chi connectivity index (χ1) is 44.6. The quantitative estimate of drug-likeness (QED) is 0.0191. The van der Waals surface area contributed by atoms with Crippen molar-refractivity contribution in [2.75, 3.05) is 95.5 Å². The van der Waals surface area contributed by atoms with Gasteiger partial charge in [-0.3, -0.25) is 33.6 Å². The van der Waals surface area contributed by atoms with Crippen LogP contribution in [0.25, 0.3) is 0 Å². The predicted octanol–water partition coefficient (Wildman–Crippen LogP) is 7.75. The number of ketones is 4. The lowest BCUT2D eigenvalue weighted by Crippen LogP contribution is -2.44. The number of nitrogens with two attached hydrogens (primary N) is 2. The number of rotatable bonds is 35. The fourth-order valence-corrected chi connectivity index (χ4v) is 7.47. The Morgan fingerprint density at radius 3 is 1.01 bits per heavy atom. The first-order valence-corrected chi connectivity index (χ1v) is 30.5. The van der Waals surface area contributed by atoms with E-state index in [1.807, 2.05) is 159 Å². The summed E-state index contributed by atoms with van der Waals surface area (Å²) >= 11 is 0. The van der Waals surface area contributed by atoms with Gasteiger partial charge in [0.1, 0.15) is 24.5 Å². The predicted molar refractivity (Wildman–Crippen MR) is 358 cm³/mol. The molecule has 0 saturated carbocycles. The molecule has 0 heterocycles. The van der Waals surface area contributed by atoms with Crippen molar-refractivity contribution in [3.05, 3.63) is 179 Å². The van der Waals surface area contributed by atoms with Crippen LogP contribution in [0.4, 0.5) is 4.79 Å². The van der Waals surface area contributed by atoms with Crippen LogP contribution in [0, 0.1) is 17.8 Å². The summed E-state index contributed by atoms with van der Waals surface area (Å²) in [6, 6.07) is 47.8. The van der Waals surface area contributed by atoms with Crippen LogP contribution >= 0.6 is 0 Å². The molecule has 6 atom stereocenters. The number of nitrogens with one attached hydrogen (secondary N) is 2. The number of aliphatic hydroxyl groups is 1. The van der Waals surface area contributed by atoms with Crippen LogP contribution < -0.4 is 22.1 Å². The summed E-state index contributed by atoms with van der Waals surface area (Å²) in [7, 11) is 9.17. The molecule has 93 heavy (non-hydrogen) atoms. The van der Waals surface area contributed by atoms with E-state index in [1.165, 1.54) is 53.4 Å². The molecule has 0 aromatic heterocycles. The van der Waals surface area contributed by atoms with Gasteiger partial charge in [-0.15, -0.1) is 0 Å². The van der Waals surface area contributed by atoms with Gasteiger partial charge >= 0.3 is 18.0 Å². The van der Waals surface area contributed by atoms with Crippen molar-refractivity contribution in [1.82, 2.24) is 10.6 Å². The summed E-state index contributed by atoms with van der Waals surface area (Å²) in [5, 5.41) is 29.5. The minimum atomic E-state index is -0.956. The Morgan fingerprint density at radius 1 is 0.409 bits per heavy atom.